The second-order valence-electron chi connectivity index (χ2n) is 5.11. The van der Waals surface area contributed by atoms with E-state index in [-0.39, 0.29) is 5.69 Å². The van der Waals surface area contributed by atoms with Crippen LogP contribution in [-0.2, 0) is 16.7 Å². The third-order valence-corrected chi connectivity index (χ3v) is 4.74. The van der Waals surface area contributed by atoms with E-state index in [1.54, 1.807) is 19.1 Å². The zero-order valence-electron chi connectivity index (χ0n) is 12.7. The maximum atomic E-state index is 12.9. The number of carbonyl (C=O) groups is 1. The Morgan fingerprint density at radius 2 is 1.79 bits per heavy atom. The van der Waals surface area contributed by atoms with Crippen LogP contribution in [0.3, 0.4) is 0 Å². The highest BCUT2D eigenvalue weighted by Crippen LogP contribution is 2.34. The molecule has 1 amide bonds. The fourth-order valence-corrected chi connectivity index (χ4v) is 2.92. The lowest BCUT2D eigenvalue weighted by atomic mass is 10.1. The molecule has 0 radical (unpaired) electrons. The molecule has 1 N–H and O–H groups in total. The van der Waals surface area contributed by atoms with Crippen LogP contribution >= 0.6 is 23.4 Å². The molecule has 0 aromatic heterocycles. The minimum absolute atomic E-state index is 0.228. The van der Waals surface area contributed by atoms with Gasteiger partial charge >= 0.3 is 6.18 Å². The number of halogens is 4. The molecule has 2 aromatic rings. The fraction of sp³-hybridized carbons (Fsp3) is 0.235. The highest BCUT2D eigenvalue weighted by molar-refractivity contribution is 7.99. The minimum Gasteiger partial charge on any atom is -0.325 e. The van der Waals surface area contributed by atoms with Gasteiger partial charge in [-0.05, 0) is 36.8 Å². The summed E-state index contributed by atoms with van der Waals surface area (Å²) in [5.74, 6) is 0.0952. The predicted octanol–water partition coefficient (Wildman–Crippen LogP) is 5.62. The lowest BCUT2D eigenvalue weighted by Gasteiger charge is -2.16. The first-order valence-electron chi connectivity index (χ1n) is 7.10. The third kappa shape index (κ3) is 5.18. The largest absolute Gasteiger partial charge is 0.418 e. The molecule has 0 saturated heterocycles. The van der Waals surface area contributed by atoms with Crippen LogP contribution in [0.25, 0.3) is 0 Å². The summed E-state index contributed by atoms with van der Waals surface area (Å²) < 4.78 is 38.8. The Balaban J connectivity index is 1.98. The number of carbonyl (C=O) groups excluding carboxylic acids is 1. The van der Waals surface area contributed by atoms with Crippen molar-refractivity contribution in [1.29, 1.82) is 0 Å². The van der Waals surface area contributed by atoms with Gasteiger partial charge < -0.3 is 5.32 Å². The topological polar surface area (TPSA) is 29.1 Å². The molecule has 0 aliphatic rings. The SMILES string of the molecule is C[C@@H](SCc1ccc(Cl)cc1)C(=O)Nc1ccccc1C(F)(F)F. The molecule has 0 heterocycles. The van der Waals surface area contributed by atoms with Gasteiger partial charge in [-0.3, -0.25) is 4.79 Å². The summed E-state index contributed by atoms with van der Waals surface area (Å²) >= 11 is 7.14. The number of rotatable bonds is 5. The maximum absolute atomic E-state index is 12.9. The lowest BCUT2D eigenvalue weighted by Crippen LogP contribution is -2.24. The van der Waals surface area contributed by atoms with Gasteiger partial charge in [-0.2, -0.15) is 13.2 Å². The molecular weight excluding hydrogens is 359 g/mol. The Morgan fingerprint density at radius 1 is 1.17 bits per heavy atom. The summed E-state index contributed by atoms with van der Waals surface area (Å²) in [5, 5.41) is 2.49. The van der Waals surface area contributed by atoms with Crippen molar-refractivity contribution in [2.75, 3.05) is 5.32 Å². The van der Waals surface area contributed by atoms with E-state index in [9.17, 15) is 18.0 Å². The fourth-order valence-electron chi connectivity index (χ4n) is 1.95. The van der Waals surface area contributed by atoms with E-state index in [2.05, 4.69) is 5.32 Å². The van der Waals surface area contributed by atoms with E-state index in [0.717, 1.165) is 11.6 Å². The molecule has 2 aromatic carbocycles. The van der Waals surface area contributed by atoms with Crippen molar-refractivity contribution >= 4 is 35.0 Å². The minimum atomic E-state index is -4.51. The van der Waals surface area contributed by atoms with E-state index in [4.69, 9.17) is 11.6 Å². The van der Waals surface area contributed by atoms with E-state index in [0.29, 0.717) is 10.8 Å². The maximum Gasteiger partial charge on any atom is 0.418 e. The molecule has 0 aliphatic heterocycles. The number of hydrogen-bond donors (Lipinski definition) is 1. The second kappa shape index (κ2) is 7.94. The first-order chi connectivity index (χ1) is 11.3. The van der Waals surface area contributed by atoms with Crippen LogP contribution in [0, 0.1) is 0 Å². The van der Waals surface area contributed by atoms with Crippen LogP contribution in [0.2, 0.25) is 5.02 Å². The smallest absolute Gasteiger partial charge is 0.325 e. The number of para-hydroxylation sites is 1. The molecule has 2 nitrogen and oxygen atoms in total. The predicted molar refractivity (Wildman–Crippen MR) is 92.3 cm³/mol. The molecule has 128 valence electrons. The number of anilines is 1. The van der Waals surface area contributed by atoms with Crippen LogP contribution in [-0.4, -0.2) is 11.2 Å². The van der Waals surface area contributed by atoms with Crippen molar-refractivity contribution in [3.05, 3.63) is 64.7 Å². The number of thioether (sulfide) groups is 1. The first-order valence-corrected chi connectivity index (χ1v) is 8.53. The van der Waals surface area contributed by atoms with Crippen LogP contribution in [0.4, 0.5) is 18.9 Å². The van der Waals surface area contributed by atoms with Crippen molar-refractivity contribution in [1.82, 2.24) is 0 Å². The van der Waals surface area contributed by atoms with Crippen molar-refractivity contribution in [2.24, 2.45) is 0 Å². The van der Waals surface area contributed by atoms with Crippen molar-refractivity contribution in [3.63, 3.8) is 0 Å². The Hall–Kier alpha value is -1.66. The Labute approximate surface area is 147 Å². The molecule has 1 atom stereocenters. The van der Waals surface area contributed by atoms with Gasteiger partial charge in [-0.15, -0.1) is 11.8 Å². The van der Waals surface area contributed by atoms with E-state index in [1.165, 1.54) is 30.0 Å². The van der Waals surface area contributed by atoms with Gasteiger partial charge in [0.1, 0.15) is 0 Å². The average Bonchev–Trinajstić information content (AvgIpc) is 2.53. The van der Waals surface area contributed by atoms with Crippen LogP contribution in [0.5, 0.6) is 0 Å². The monoisotopic (exact) mass is 373 g/mol. The number of benzene rings is 2. The zero-order chi connectivity index (χ0) is 17.7. The second-order valence-corrected chi connectivity index (χ2v) is 6.88. The molecule has 0 bridgehead atoms. The van der Waals surface area contributed by atoms with Gasteiger partial charge in [0, 0.05) is 10.8 Å². The highest BCUT2D eigenvalue weighted by Gasteiger charge is 2.33. The summed E-state index contributed by atoms with van der Waals surface area (Å²) in [6, 6.07) is 12.1. The molecular formula is C17H15ClF3NOS. The first kappa shape index (κ1) is 18.7. The Kier molecular flexibility index (Phi) is 6.18. The lowest BCUT2D eigenvalue weighted by molar-refractivity contribution is -0.137. The number of nitrogens with one attached hydrogen (secondary N) is 1. The van der Waals surface area contributed by atoms with Crippen molar-refractivity contribution in [2.45, 2.75) is 24.1 Å². The molecule has 0 fully saturated rings. The summed E-state index contributed by atoms with van der Waals surface area (Å²) in [4.78, 5) is 12.1. The van der Waals surface area contributed by atoms with Crippen LogP contribution in [0.15, 0.2) is 48.5 Å². The molecule has 0 aliphatic carbocycles. The molecule has 0 unspecified atom stereocenters. The molecule has 0 saturated carbocycles. The quantitative estimate of drug-likeness (QED) is 0.737. The zero-order valence-corrected chi connectivity index (χ0v) is 14.3. The number of amides is 1. The number of alkyl halides is 3. The molecule has 24 heavy (non-hydrogen) atoms. The molecule has 2 rings (SSSR count). The van der Waals surface area contributed by atoms with E-state index < -0.39 is 22.9 Å². The standard InChI is InChI=1S/C17H15ClF3NOS/c1-11(24-10-12-6-8-13(18)9-7-12)16(23)22-15-5-3-2-4-14(15)17(19,20)21/h2-9,11H,10H2,1H3,(H,22,23)/t11-/m1/s1. The van der Waals surface area contributed by atoms with E-state index in [1.807, 2.05) is 12.1 Å². The van der Waals surface area contributed by atoms with Gasteiger partial charge in [-0.1, -0.05) is 35.9 Å². The highest BCUT2D eigenvalue weighted by atomic mass is 35.5. The van der Waals surface area contributed by atoms with Gasteiger partial charge in [0.15, 0.2) is 0 Å². The van der Waals surface area contributed by atoms with Crippen LogP contribution < -0.4 is 5.32 Å². The van der Waals surface area contributed by atoms with Gasteiger partial charge in [0.2, 0.25) is 5.91 Å². The number of hydrogen-bond acceptors (Lipinski definition) is 2. The average molecular weight is 374 g/mol. The van der Waals surface area contributed by atoms with Gasteiger partial charge in [0.05, 0.1) is 16.5 Å². The third-order valence-electron chi connectivity index (χ3n) is 3.27. The van der Waals surface area contributed by atoms with Gasteiger partial charge in [0.25, 0.3) is 0 Å². The Morgan fingerprint density at radius 3 is 2.42 bits per heavy atom. The van der Waals surface area contributed by atoms with Gasteiger partial charge in [-0.25, -0.2) is 0 Å². The van der Waals surface area contributed by atoms with Crippen LogP contribution in [0.1, 0.15) is 18.1 Å². The van der Waals surface area contributed by atoms with E-state index >= 15 is 0 Å². The summed E-state index contributed by atoms with van der Waals surface area (Å²) in [7, 11) is 0. The summed E-state index contributed by atoms with van der Waals surface area (Å²) in [6.45, 7) is 1.66. The summed E-state index contributed by atoms with van der Waals surface area (Å²) in [5.41, 5.74) is -0.0954. The molecule has 0 spiro atoms. The summed E-state index contributed by atoms with van der Waals surface area (Å²) in [6.07, 6.45) is -4.51. The normalized spacial score (nSPS) is 12.7. The van der Waals surface area contributed by atoms with Crippen molar-refractivity contribution in [3.8, 4) is 0 Å². The van der Waals surface area contributed by atoms with Crippen molar-refractivity contribution < 1.29 is 18.0 Å². The Bertz CT molecular complexity index is 704. The molecule has 7 heteroatoms.